The summed E-state index contributed by atoms with van der Waals surface area (Å²) in [5.41, 5.74) is 0.860. The highest BCUT2D eigenvalue weighted by Crippen LogP contribution is 2.48. The number of ketones is 1. The molecule has 1 aromatic rings. The van der Waals surface area contributed by atoms with Crippen LogP contribution < -0.4 is 10.6 Å². The lowest BCUT2D eigenvalue weighted by molar-refractivity contribution is -0.135. The standard InChI is InChI=1S/C27H31ClN4O5/c1-16(17-7-8-17)32(13-18-5-3-4-6-21(18)28)23(33)14-31-15-27(37-26(31)36)12-11-19-20(27)9-10-22(24(19)34)30-25(35)29-2/h3-6,9-10,16-17,19H,7-8,11-15H2,1-2H3,(H2,29,30,35)/t16-,19?,27-/m0/s1. The van der Waals surface area contributed by atoms with Gasteiger partial charge in [0.05, 0.1) is 12.2 Å². The number of benzene rings is 1. The Morgan fingerprint density at radius 2 is 1.97 bits per heavy atom. The topological polar surface area (TPSA) is 108 Å². The van der Waals surface area contributed by atoms with Gasteiger partial charge in [-0.3, -0.25) is 14.5 Å². The molecule has 1 saturated heterocycles. The number of amides is 4. The normalized spacial score (nSPS) is 25.3. The molecule has 2 N–H and O–H groups in total. The zero-order valence-electron chi connectivity index (χ0n) is 21.0. The van der Waals surface area contributed by atoms with Crippen LogP contribution in [0.25, 0.3) is 0 Å². The van der Waals surface area contributed by atoms with Crippen LogP contribution in [-0.4, -0.2) is 65.4 Å². The molecule has 37 heavy (non-hydrogen) atoms. The molecule has 1 aromatic carbocycles. The molecule has 3 fully saturated rings. The average molecular weight is 527 g/mol. The summed E-state index contributed by atoms with van der Waals surface area (Å²) < 4.78 is 5.86. The van der Waals surface area contributed by atoms with Crippen LogP contribution in [0.2, 0.25) is 5.02 Å². The quantitative estimate of drug-likeness (QED) is 0.566. The lowest BCUT2D eigenvalue weighted by Gasteiger charge is -2.31. The number of fused-ring (bicyclic) bond motifs is 2. The van der Waals surface area contributed by atoms with Crippen molar-refractivity contribution in [3.8, 4) is 0 Å². The number of halogens is 1. The summed E-state index contributed by atoms with van der Waals surface area (Å²) in [6.07, 6.45) is 5.91. The molecule has 1 spiro atoms. The van der Waals surface area contributed by atoms with E-state index >= 15 is 0 Å². The molecule has 1 unspecified atom stereocenters. The van der Waals surface area contributed by atoms with Crippen LogP contribution in [0.5, 0.6) is 0 Å². The molecule has 0 bridgehead atoms. The number of Topliss-reactive ketones (excluding diaryl/α,β-unsaturated/α-hetero) is 1. The molecule has 10 heteroatoms. The lowest BCUT2D eigenvalue weighted by atomic mass is 9.85. The van der Waals surface area contributed by atoms with Crippen molar-refractivity contribution in [1.82, 2.24) is 20.4 Å². The van der Waals surface area contributed by atoms with Gasteiger partial charge < -0.3 is 20.3 Å². The van der Waals surface area contributed by atoms with Gasteiger partial charge in [0.15, 0.2) is 11.4 Å². The number of carbonyl (C=O) groups excluding carboxylic acids is 4. The minimum atomic E-state index is -0.942. The largest absolute Gasteiger partial charge is 0.436 e. The molecule has 9 nitrogen and oxygen atoms in total. The Morgan fingerprint density at radius 1 is 1.22 bits per heavy atom. The lowest BCUT2D eigenvalue weighted by Crippen LogP contribution is -2.46. The molecule has 0 radical (unpaired) electrons. The average Bonchev–Trinajstić information content (AvgIpc) is 3.61. The van der Waals surface area contributed by atoms with Crippen LogP contribution in [-0.2, 0) is 20.9 Å². The second kappa shape index (κ2) is 9.85. The highest BCUT2D eigenvalue weighted by Gasteiger charge is 2.56. The predicted octanol–water partition coefficient (Wildman–Crippen LogP) is 3.39. The number of hydrogen-bond donors (Lipinski definition) is 2. The van der Waals surface area contributed by atoms with Crippen molar-refractivity contribution in [3.63, 3.8) is 0 Å². The first-order valence-corrected chi connectivity index (χ1v) is 13.1. The van der Waals surface area contributed by atoms with Crippen LogP contribution in [0.1, 0.15) is 38.2 Å². The third kappa shape index (κ3) is 4.84. The summed E-state index contributed by atoms with van der Waals surface area (Å²) >= 11 is 6.38. The van der Waals surface area contributed by atoms with Gasteiger partial charge in [-0.25, -0.2) is 9.59 Å². The summed E-state index contributed by atoms with van der Waals surface area (Å²) in [6, 6.07) is 7.03. The fourth-order valence-corrected chi connectivity index (χ4v) is 5.86. The van der Waals surface area contributed by atoms with Gasteiger partial charge in [0.2, 0.25) is 5.91 Å². The molecular formula is C27H31ClN4O5. The number of allylic oxidation sites excluding steroid dienone is 3. The first kappa shape index (κ1) is 25.3. The molecule has 4 aliphatic rings. The second-order valence-electron chi connectivity index (χ2n) is 10.3. The minimum Gasteiger partial charge on any atom is -0.436 e. The molecule has 1 heterocycles. The van der Waals surface area contributed by atoms with Gasteiger partial charge in [0.25, 0.3) is 0 Å². The maximum Gasteiger partial charge on any atom is 0.411 e. The molecule has 2 saturated carbocycles. The van der Waals surface area contributed by atoms with E-state index in [1.165, 1.54) is 11.9 Å². The van der Waals surface area contributed by atoms with Gasteiger partial charge in [-0.05, 0) is 61.8 Å². The number of nitrogens with one attached hydrogen (secondary N) is 2. The Kier molecular flexibility index (Phi) is 6.74. The first-order chi connectivity index (χ1) is 17.7. The molecular weight excluding hydrogens is 496 g/mol. The van der Waals surface area contributed by atoms with Crippen molar-refractivity contribution in [1.29, 1.82) is 0 Å². The number of carbonyl (C=O) groups is 4. The van der Waals surface area contributed by atoms with Gasteiger partial charge in [-0.1, -0.05) is 35.9 Å². The van der Waals surface area contributed by atoms with Gasteiger partial charge in [-0.2, -0.15) is 0 Å². The Labute approximate surface area is 220 Å². The van der Waals surface area contributed by atoms with E-state index < -0.39 is 23.6 Å². The zero-order valence-corrected chi connectivity index (χ0v) is 21.7. The first-order valence-electron chi connectivity index (χ1n) is 12.7. The molecule has 196 valence electrons. The highest BCUT2D eigenvalue weighted by atomic mass is 35.5. The fourth-order valence-electron chi connectivity index (χ4n) is 5.66. The van der Waals surface area contributed by atoms with E-state index in [0.29, 0.717) is 30.3 Å². The maximum absolute atomic E-state index is 13.6. The Balaban J connectivity index is 1.32. The van der Waals surface area contributed by atoms with Gasteiger partial charge in [-0.15, -0.1) is 0 Å². The molecule has 1 aliphatic heterocycles. The van der Waals surface area contributed by atoms with E-state index in [2.05, 4.69) is 10.6 Å². The third-order valence-electron chi connectivity index (χ3n) is 7.95. The van der Waals surface area contributed by atoms with Crippen LogP contribution in [0.15, 0.2) is 47.7 Å². The minimum absolute atomic E-state index is 0.0299. The summed E-state index contributed by atoms with van der Waals surface area (Å²) in [6.45, 7) is 2.52. The third-order valence-corrected chi connectivity index (χ3v) is 8.32. The number of urea groups is 1. The maximum atomic E-state index is 13.6. The second-order valence-corrected chi connectivity index (χ2v) is 10.7. The van der Waals surface area contributed by atoms with Gasteiger partial charge in [0.1, 0.15) is 6.54 Å². The smallest absolute Gasteiger partial charge is 0.411 e. The van der Waals surface area contributed by atoms with Gasteiger partial charge in [0, 0.05) is 30.6 Å². The van der Waals surface area contributed by atoms with Crippen molar-refractivity contribution < 1.29 is 23.9 Å². The van der Waals surface area contributed by atoms with E-state index in [1.807, 2.05) is 36.1 Å². The molecule has 3 atom stereocenters. The summed E-state index contributed by atoms with van der Waals surface area (Å²) in [5, 5.41) is 5.59. The Hall–Kier alpha value is -3.33. The van der Waals surface area contributed by atoms with E-state index in [0.717, 1.165) is 24.0 Å². The molecule has 0 aromatic heterocycles. The predicted molar refractivity (Wildman–Crippen MR) is 136 cm³/mol. The van der Waals surface area contributed by atoms with Crippen molar-refractivity contribution in [2.45, 2.75) is 50.8 Å². The van der Waals surface area contributed by atoms with E-state index in [4.69, 9.17) is 16.3 Å². The van der Waals surface area contributed by atoms with Crippen molar-refractivity contribution in [2.24, 2.45) is 11.8 Å². The summed E-state index contributed by atoms with van der Waals surface area (Å²) in [5.74, 6) is -0.379. The van der Waals surface area contributed by atoms with E-state index in [1.54, 1.807) is 12.2 Å². The number of nitrogens with zero attached hydrogens (tertiary/aromatic N) is 2. The van der Waals surface area contributed by atoms with E-state index in [9.17, 15) is 19.2 Å². The van der Waals surface area contributed by atoms with Crippen molar-refractivity contribution in [2.75, 3.05) is 20.1 Å². The summed E-state index contributed by atoms with van der Waals surface area (Å²) in [4.78, 5) is 54.4. The fraction of sp³-hybridized carbons (Fsp3) is 0.481. The molecule has 4 amide bonds. The van der Waals surface area contributed by atoms with E-state index in [-0.39, 0.29) is 36.5 Å². The Morgan fingerprint density at radius 3 is 2.68 bits per heavy atom. The Bertz CT molecular complexity index is 1210. The number of hydrogen-bond acceptors (Lipinski definition) is 5. The number of ether oxygens (including phenoxy) is 1. The van der Waals surface area contributed by atoms with Gasteiger partial charge >= 0.3 is 12.1 Å². The highest BCUT2D eigenvalue weighted by molar-refractivity contribution is 6.31. The molecule has 3 aliphatic carbocycles. The van der Waals surface area contributed by atoms with Crippen LogP contribution in [0, 0.1) is 11.8 Å². The molecule has 5 rings (SSSR count). The van der Waals surface area contributed by atoms with Crippen LogP contribution >= 0.6 is 11.6 Å². The van der Waals surface area contributed by atoms with Crippen LogP contribution in [0.3, 0.4) is 0 Å². The summed E-state index contributed by atoms with van der Waals surface area (Å²) in [7, 11) is 1.48. The van der Waals surface area contributed by atoms with Crippen molar-refractivity contribution >= 4 is 35.4 Å². The zero-order chi connectivity index (χ0) is 26.3. The van der Waals surface area contributed by atoms with Crippen molar-refractivity contribution in [3.05, 3.63) is 58.3 Å². The number of rotatable bonds is 7. The SMILES string of the molecule is CNC(=O)NC1=CC=C2C(CC[C@]23CN(CC(=O)N(Cc2ccccc2Cl)[C@@H](C)C2CC2)C(=O)O3)C1=O. The van der Waals surface area contributed by atoms with Crippen LogP contribution in [0.4, 0.5) is 9.59 Å². The monoisotopic (exact) mass is 526 g/mol.